The third-order valence-corrected chi connectivity index (χ3v) is 3.40. The lowest BCUT2D eigenvalue weighted by molar-refractivity contribution is 0.0977. The predicted octanol–water partition coefficient (Wildman–Crippen LogP) is 1.39. The summed E-state index contributed by atoms with van der Waals surface area (Å²) in [5, 5.41) is 6.99. The van der Waals surface area contributed by atoms with Crippen LogP contribution in [0.2, 0.25) is 0 Å². The van der Waals surface area contributed by atoms with Gasteiger partial charge < -0.3 is 5.73 Å². The molecular formula is C11H21ClN4. The number of piperidine rings is 1. The Hall–Kier alpha value is -0.580. The normalized spacial score (nSPS) is 26.4. The molecule has 1 aromatic rings. The van der Waals surface area contributed by atoms with Gasteiger partial charge in [-0.05, 0) is 31.4 Å². The molecule has 1 fully saturated rings. The summed E-state index contributed by atoms with van der Waals surface area (Å²) in [4.78, 5) is 2.47. The van der Waals surface area contributed by atoms with Gasteiger partial charge in [0.1, 0.15) is 0 Å². The van der Waals surface area contributed by atoms with Crippen LogP contribution in [0.4, 0.5) is 0 Å². The van der Waals surface area contributed by atoms with E-state index >= 15 is 0 Å². The van der Waals surface area contributed by atoms with Gasteiger partial charge in [-0.25, -0.2) is 0 Å². The van der Waals surface area contributed by atoms with Crippen LogP contribution in [-0.4, -0.2) is 34.2 Å². The second-order valence-electron chi connectivity index (χ2n) is 4.47. The summed E-state index contributed by atoms with van der Waals surface area (Å²) in [5.74, 6) is 0.715. The minimum absolute atomic E-state index is 0. The Morgan fingerprint density at radius 3 is 3.06 bits per heavy atom. The van der Waals surface area contributed by atoms with Gasteiger partial charge in [0, 0.05) is 31.0 Å². The Morgan fingerprint density at radius 1 is 1.62 bits per heavy atom. The highest BCUT2D eigenvalue weighted by Gasteiger charge is 2.27. The second kappa shape index (κ2) is 6.23. The number of hydrogen-bond acceptors (Lipinski definition) is 3. The fourth-order valence-electron chi connectivity index (χ4n) is 2.50. The van der Waals surface area contributed by atoms with E-state index in [4.69, 9.17) is 5.73 Å². The number of nitrogens with two attached hydrogens (primary N) is 1. The first-order valence-corrected chi connectivity index (χ1v) is 5.73. The van der Waals surface area contributed by atoms with E-state index in [1.165, 1.54) is 18.5 Å². The Labute approximate surface area is 103 Å². The van der Waals surface area contributed by atoms with Crippen LogP contribution in [0.25, 0.3) is 0 Å². The van der Waals surface area contributed by atoms with Crippen molar-refractivity contribution >= 4 is 12.4 Å². The molecule has 0 aromatic carbocycles. The Morgan fingerprint density at radius 2 is 2.44 bits per heavy atom. The van der Waals surface area contributed by atoms with Gasteiger partial charge in [-0.2, -0.15) is 5.10 Å². The zero-order chi connectivity index (χ0) is 10.7. The van der Waals surface area contributed by atoms with Crippen LogP contribution >= 0.6 is 12.4 Å². The molecule has 0 bridgehead atoms. The molecule has 2 unspecified atom stereocenters. The Bertz CT molecular complexity index is 288. The molecule has 92 valence electrons. The number of halogens is 1. The summed E-state index contributed by atoms with van der Waals surface area (Å²) in [6.07, 6.45) is 4.40. The van der Waals surface area contributed by atoms with Crippen LogP contribution in [0, 0.1) is 5.92 Å². The maximum Gasteiger partial charge on any atom is 0.0492 e. The lowest BCUT2D eigenvalue weighted by Crippen LogP contribution is -2.48. The number of aromatic nitrogens is 2. The fraction of sp³-hybridized carbons (Fsp3) is 0.727. The molecule has 0 spiro atoms. The van der Waals surface area contributed by atoms with Crippen molar-refractivity contribution in [2.24, 2.45) is 11.7 Å². The van der Waals surface area contributed by atoms with Crippen LogP contribution < -0.4 is 5.73 Å². The Kier molecular flexibility index (Phi) is 5.25. The van der Waals surface area contributed by atoms with Gasteiger partial charge in [0.25, 0.3) is 0 Å². The van der Waals surface area contributed by atoms with Crippen molar-refractivity contribution in [3.8, 4) is 0 Å². The molecule has 1 aliphatic heterocycles. The molecule has 0 radical (unpaired) electrons. The topological polar surface area (TPSA) is 57.9 Å². The van der Waals surface area contributed by atoms with E-state index in [1.807, 2.05) is 6.07 Å². The zero-order valence-corrected chi connectivity index (χ0v) is 10.5. The van der Waals surface area contributed by atoms with Crippen LogP contribution in [0.5, 0.6) is 0 Å². The standard InChI is InChI=1S/C11H20N4.ClH/c1-9-3-2-6-15(11(9)7-12)8-10-4-5-13-14-10;/h4-5,9,11H,2-3,6-8,12H2,1H3,(H,13,14);1H. The van der Waals surface area contributed by atoms with Gasteiger partial charge in [0.05, 0.1) is 0 Å². The van der Waals surface area contributed by atoms with E-state index in [1.54, 1.807) is 6.20 Å². The van der Waals surface area contributed by atoms with Gasteiger partial charge in [-0.3, -0.25) is 10.00 Å². The summed E-state index contributed by atoms with van der Waals surface area (Å²) in [6.45, 7) is 5.17. The molecule has 1 saturated heterocycles. The third-order valence-electron chi connectivity index (χ3n) is 3.40. The molecule has 2 atom stereocenters. The molecule has 5 heteroatoms. The molecule has 1 aromatic heterocycles. The lowest BCUT2D eigenvalue weighted by atomic mass is 9.91. The average molecular weight is 245 g/mol. The van der Waals surface area contributed by atoms with E-state index in [9.17, 15) is 0 Å². The highest BCUT2D eigenvalue weighted by molar-refractivity contribution is 5.85. The summed E-state index contributed by atoms with van der Waals surface area (Å²) in [5.41, 5.74) is 7.03. The highest BCUT2D eigenvalue weighted by Crippen LogP contribution is 2.23. The number of aromatic amines is 1. The van der Waals surface area contributed by atoms with Crippen molar-refractivity contribution < 1.29 is 0 Å². The number of H-pyrrole nitrogens is 1. The minimum atomic E-state index is 0. The molecule has 3 N–H and O–H groups in total. The molecule has 2 rings (SSSR count). The highest BCUT2D eigenvalue weighted by atomic mass is 35.5. The van der Waals surface area contributed by atoms with Crippen molar-refractivity contribution in [3.05, 3.63) is 18.0 Å². The summed E-state index contributed by atoms with van der Waals surface area (Å²) >= 11 is 0. The van der Waals surface area contributed by atoms with E-state index in [2.05, 4.69) is 22.0 Å². The predicted molar refractivity (Wildman–Crippen MR) is 67.5 cm³/mol. The SMILES string of the molecule is CC1CCCN(Cc2ccn[nH]2)C1CN.Cl. The molecule has 0 aliphatic carbocycles. The van der Waals surface area contributed by atoms with Gasteiger partial charge in [-0.15, -0.1) is 12.4 Å². The molecule has 1 aliphatic rings. The maximum atomic E-state index is 5.85. The quantitative estimate of drug-likeness (QED) is 0.845. The van der Waals surface area contributed by atoms with Crippen molar-refractivity contribution in [1.82, 2.24) is 15.1 Å². The van der Waals surface area contributed by atoms with Crippen molar-refractivity contribution in [1.29, 1.82) is 0 Å². The van der Waals surface area contributed by atoms with E-state index in [-0.39, 0.29) is 12.4 Å². The molecule has 0 saturated carbocycles. The monoisotopic (exact) mass is 244 g/mol. The maximum absolute atomic E-state index is 5.85. The van der Waals surface area contributed by atoms with Crippen LogP contribution in [0.15, 0.2) is 12.3 Å². The minimum Gasteiger partial charge on any atom is -0.329 e. The van der Waals surface area contributed by atoms with Gasteiger partial charge in [0.15, 0.2) is 0 Å². The van der Waals surface area contributed by atoms with Crippen molar-refractivity contribution in [3.63, 3.8) is 0 Å². The summed E-state index contributed by atoms with van der Waals surface area (Å²) in [7, 11) is 0. The molecule has 16 heavy (non-hydrogen) atoms. The average Bonchev–Trinajstić information content (AvgIpc) is 2.71. The zero-order valence-electron chi connectivity index (χ0n) is 9.72. The third kappa shape index (κ3) is 2.97. The second-order valence-corrected chi connectivity index (χ2v) is 4.47. The number of nitrogens with zero attached hydrogens (tertiary/aromatic N) is 2. The summed E-state index contributed by atoms with van der Waals surface area (Å²) < 4.78 is 0. The molecule has 4 nitrogen and oxygen atoms in total. The first kappa shape index (κ1) is 13.5. The van der Waals surface area contributed by atoms with Crippen LogP contribution in [0.1, 0.15) is 25.5 Å². The van der Waals surface area contributed by atoms with Gasteiger partial charge >= 0.3 is 0 Å². The van der Waals surface area contributed by atoms with Crippen LogP contribution in [-0.2, 0) is 6.54 Å². The van der Waals surface area contributed by atoms with Crippen molar-refractivity contribution in [2.75, 3.05) is 13.1 Å². The lowest BCUT2D eigenvalue weighted by Gasteiger charge is -2.39. The first-order chi connectivity index (χ1) is 7.31. The number of rotatable bonds is 3. The molecule has 2 heterocycles. The summed E-state index contributed by atoms with van der Waals surface area (Å²) in [6, 6.07) is 2.56. The largest absolute Gasteiger partial charge is 0.329 e. The fourth-order valence-corrected chi connectivity index (χ4v) is 2.50. The van der Waals surface area contributed by atoms with Crippen molar-refractivity contribution in [2.45, 2.75) is 32.4 Å². The molecule has 0 amide bonds. The van der Waals surface area contributed by atoms with E-state index in [0.717, 1.165) is 19.6 Å². The first-order valence-electron chi connectivity index (χ1n) is 5.73. The van der Waals surface area contributed by atoms with E-state index < -0.39 is 0 Å². The van der Waals surface area contributed by atoms with Crippen LogP contribution in [0.3, 0.4) is 0 Å². The van der Waals surface area contributed by atoms with Gasteiger partial charge in [0.2, 0.25) is 0 Å². The smallest absolute Gasteiger partial charge is 0.0492 e. The number of hydrogen-bond donors (Lipinski definition) is 2. The van der Waals surface area contributed by atoms with Gasteiger partial charge in [-0.1, -0.05) is 6.92 Å². The number of likely N-dealkylation sites (tertiary alicyclic amines) is 1. The Balaban J connectivity index is 0.00000128. The van der Waals surface area contributed by atoms with E-state index in [0.29, 0.717) is 12.0 Å². The molecular weight excluding hydrogens is 224 g/mol. The number of nitrogens with one attached hydrogen (secondary N) is 1.